The van der Waals surface area contributed by atoms with Crippen LogP contribution in [0, 0.1) is 6.92 Å². The van der Waals surface area contributed by atoms with Gasteiger partial charge in [-0.15, -0.1) is 11.3 Å². The summed E-state index contributed by atoms with van der Waals surface area (Å²) in [5.74, 6) is 1.66. The third-order valence-electron chi connectivity index (χ3n) is 3.77. The number of imidazole rings is 1. The molecule has 2 heterocycles. The second-order valence-corrected chi connectivity index (χ2v) is 7.02. The molecular formula is C19H25N5OS. The topological polar surface area (TPSA) is 63.0 Å². The van der Waals surface area contributed by atoms with E-state index in [2.05, 4.69) is 40.5 Å². The monoisotopic (exact) mass is 371 g/mol. The first-order valence-corrected chi connectivity index (χ1v) is 9.68. The number of guanidine groups is 1. The van der Waals surface area contributed by atoms with Gasteiger partial charge in [0.25, 0.3) is 0 Å². The average molecular weight is 372 g/mol. The highest BCUT2D eigenvalue weighted by Crippen LogP contribution is 2.14. The number of aliphatic imine (C=N–C) groups is 1. The summed E-state index contributed by atoms with van der Waals surface area (Å²) in [7, 11) is 0. The molecule has 2 N–H and O–H groups in total. The lowest BCUT2D eigenvalue weighted by atomic mass is 10.2. The normalized spacial score (nSPS) is 13.0. The smallest absolute Gasteiger partial charge is 0.193 e. The summed E-state index contributed by atoms with van der Waals surface area (Å²) in [5, 5.41) is 8.62. The Morgan fingerprint density at radius 3 is 3.04 bits per heavy atom. The van der Waals surface area contributed by atoms with Crippen LogP contribution in [0.1, 0.15) is 25.1 Å². The summed E-state index contributed by atoms with van der Waals surface area (Å²) in [5.41, 5.74) is 2.15. The molecule has 0 radical (unpaired) electrons. The van der Waals surface area contributed by atoms with Gasteiger partial charge in [-0.1, -0.05) is 12.1 Å². The SMILES string of the molecule is CCNC(=NCc1cn2ccsc2n1)NCC(C)Oc1cccc(C)c1. The van der Waals surface area contributed by atoms with Gasteiger partial charge in [0.05, 0.1) is 18.8 Å². The zero-order valence-corrected chi connectivity index (χ0v) is 16.2. The van der Waals surface area contributed by atoms with Gasteiger partial charge >= 0.3 is 0 Å². The number of nitrogens with zero attached hydrogens (tertiary/aromatic N) is 3. The van der Waals surface area contributed by atoms with Crippen molar-refractivity contribution < 1.29 is 4.74 Å². The summed E-state index contributed by atoms with van der Waals surface area (Å²) >= 11 is 1.62. The van der Waals surface area contributed by atoms with Crippen molar-refractivity contribution in [2.75, 3.05) is 13.1 Å². The Kier molecular flexibility index (Phi) is 6.12. The molecule has 1 atom stereocenters. The highest BCUT2D eigenvalue weighted by molar-refractivity contribution is 7.15. The first-order valence-electron chi connectivity index (χ1n) is 8.80. The van der Waals surface area contributed by atoms with E-state index in [1.807, 2.05) is 47.3 Å². The minimum Gasteiger partial charge on any atom is -0.489 e. The third-order valence-corrected chi connectivity index (χ3v) is 4.54. The van der Waals surface area contributed by atoms with Crippen LogP contribution in [0.2, 0.25) is 0 Å². The number of benzene rings is 1. The first-order chi connectivity index (χ1) is 12.6. The molecule has 3 aromatic rings. The van der Waals surface area contributed by atoms with E-state index in [9.17, 15) is 0 Å². The van der Waals surface area contributed by atoms with E-state index in [0.717, 1.165) is 28.9 Å². The fraction of sp³-hybridized carbons (Fsp3) is 0.368. The molecule has 0 aliphatic carbocycles. The Bertz CT molecular complexity index is 841. The molecule has 0 saturated heterocycles. The van der Waals surface area contributed by atoms with E-state index >= 15 is 0 Å². The van der Waals surface area contributed by atoms with Crippen LogP contribution in [0.3, 0.4) is 0 Å². The quantitative estimate of drug-likeness (QED) is 0.494. The molecule has 1 aromatic carbocycles. The van der Waals surface area contributed by atoms with Crippen LogP contribution in [-0.4, -0.2) is 34.5 Å². The molecule has 0 amide bonds. The van der Waals surface area contributed by atoms with Crippen LogP contribution in [0.5, 0.6) is 5.75 Å². The molecule has 0 saturated carbocycles. The second-order valence-electron chi connectivity index (χ2n) is 6.15. The molecule has 6 nitrogen and oxygen atoms in total. The number of hydrogen-bond acceptors (Lipinski definition) is 4. The number of rotatable bonds is 7. The molecule has 0 aliphatic heterocycles. The van der Waals surface area contributed by atoms with Crippen LogP contribution in [0.4, 0.5) is 0 Å². The number of nitrogens with one attached hydrogen (secondary N) is 2. The zero-order valence-electron chi connectivity index (χ0n) is 15.4. The average Bonchev–Trinajstić information content (AvgIpc) is 3.19. The van der Waals surface area contributed by atoms with E-state index in [1.165, 1.54) is 5.56 Å². The molecule has 0 fully saturated rings. The summed E-state index contributed by atoms with van der Waals surface area (Å²) in [6.07, 6.45) is 4.05. The molecule has 26 heavy (non-hydrogen) atoms. The lowest BCUT2D eigenvalue weighted by Gasteiger charge is -2.17. The lowest BCUT2D eigenvalue weighted by molar-refractivity contribution is 0.223. The van der Waals surface area contributed by atoms with Crippen molar-refractivity contribution in [2.24, 2.45) is 4.99 Å². The fourth-order valence-corrected chi connectivity index (χ4v) is 3.28. The van der Waals surface area contributed by atoms with Crippen LogP contribution in [-0.2, 0) is 6.54 Å². The molecule has 138 valence electrons. The summed E-state index contributed by atoms with van der Waals surface area (Å²) in [4.78, 5) is 10.2. The van der Waals surface area contributed by atoms with E-state index in [1.54, 1.807) is 11.3 Å². The number of aryl methyl sites for hydroxylation is 1. The Morgan fingerprint density at radius 1 is 1.38 bits per heavy atom. The first kappa shape index (κ1) is 18.3. The summed E-state index contributed by atoms with van der Waals surface area (Å²) in [6.45, 7) is 8.16. The van der Waals surface area contributed by atoms with Gasteiger partial charge < -0.3 is 15.4 Å². The number of thiazole rings is 1. The van der Waals surface area contributed by atoms with Crippen molar-refractivity contribution in [3.8, 4) is 5.75 Å². The van der Waals surface area contributed by atoms with Crippen LogP contribution in [0.15, 0.2) is 47.0 Å². The highest BCUT2D eigenvalue weighted by atomic mass is 32.1. The Morgan fingerprint density at radius 2 is 2.27 bits per heavy atom. The van der Waals surface area contributed by atoms with Crippen LogP contribution in [0.25, 0.3) is 4.96 Å². The number of fused-ring (bicyclic) bond motifs is 1. The maximum absolute atomic E-state index is 5.96. The minimum atomic E-state index is 0.0265. The van der Waals surface area contributed by atoms with Gasteiger partial charge in [0.15, 0.2) is 10.9 Å². The number of aromatic nitrogens is 2. The van der Waals surface area contributed by atoms with E-state index < -0.39 is 0 Å². The predicted molar refractivity (Wildman–Crippen MR) is 107 cm³/mol. The lowest BCUT2D eigenvalue weighted by Crippen LogP contribution is -2.41. The summed E-state index contributed by atoms with van der Waals surface area (Å²) in [6, 6.07) is 8.09. The largest absolute Gasteiger partial charge is 0.489 e. The molecule has 3 rings (SSSR count). The Balaban J connectivity index is 1.54. The van der Waals surface area contributed by atoms with Crippen molar-refractivity contribution >= 4 is 22.3 Å². The highest BCUT2D eigenvalue weighted by Gasteiger charge is 2.07. The van der Waals surface area contributed by atoms with Gasteiger partial charge in [0.2, 0.25) is 0 Å². The van der Waals surface area contributed by atoms with Crippen molar-refractivity contribution in [1.82, 2.24) is 20.0 Å². The van der Waals surface area contributed by atoms with E-state index in [4.69, 9.17) is 4.74 Å². The standard InChI is InChI=1S/C19H25N5OS/c1-4-20-18(22-12-16-13-24-8-9-26-19(24)23-16)21-11-15(3)25-17-7-5-6-14(2)10-17/h5-10,13,15H,4,11-12H2,1-3H3,(H2,20,21,22). The van der Waals surface area contributed by atoms with Crippen molar-refractivity contribution in [1.29, 1.82) is 0 Å². The molecule has 0 spiro atoms. The zero-order chi connectivity index (χ0) is 18.4. The minimum absolute atomic E-state index is 0.0265. The van der Waals surface area contributed by atoms with Gasteiger partial charge in [0, 0.05) is 24.3 Å². The molecular weight excluding hydrogens is 346 g/mol. The van der Waals surface area contributed by atoms with Crippen molar-refractivity contribution in [2.45, 2.75) is 33.4 Å². The number of ether oxygens (including phenoxy) is 1. The van der Waals surface area contributed by atoms with Gasteiger partial charge in [-0.25, -0.2) is 9.98 Å². The predicted octanol–water partition coefficient (Wildman–Crippen LogP) is 3.23. The molecule has 7 heteroatoms. The molecule has 0 bridgehead atoms. The Labute approximate surface area is 157 Å². The van der Waals surface area contributed by atoms with E-state index in [0.29, 0.717) is 13.1 Å². The van der Waals surface area contributed by atoms with Crippen molar-refractivity contribution in [3.63, 3.8) is 0 Å². The Hall–Kier alpha value is -2.54. The van der Waals surface area contributed by atoms with Gasteiger partial charge in [-0.05, 0) is 38.5 Å². The van der Waals surface area contributed by atoms with Gasteiger partial charge in [0.1, 0.15) is 11.9 Å². The van der Waals surface area contributed by atoms with Crippen LogP contribution < -0.4 is 15.4 Å². The molecule has 2 aromatic heterocycles. The van der Waals surface area contributed by atoms with Crippen molar-refractivity contribution in [3.05, 3.63) is 53.3 Å². The molecule has 1 unspecified atom stereocenters. The van der Waals surface area contributed by atoms with Gasteiger partial charge in [-0.3, -0.25) is 4.40 Å². The van der Waals surface area contributed by atoms with Gasteiger partial charge in [-0.2, -0.15) is 0 Å². The van der Waals surface area contributed by atoms with E-state index in [-0.39, 0.29) is 6.10 Å². The maximum Gasteiger partial charge on any atom is 0.193 e. The fourth-order valence-electron chi connectivity index (χ4n) is 2.56. The summed E-state index contributed by atoms with van der Waals surface area (Å²) < 4.78 is 7.98. The number of hydrogen-bond donors (Lipinski definition) is 2. The van der Waals surface area contributed by atoms with Crippen LogP contribution >= 0.6 is 11.3 Å². The maximum atomic E-state index is 5.96. The molecule has 0 aliphatic rings. The second kappa shape index (κ2) is 8.71. The third kappa shape index (κ3) is 4.98.